The number of halogens is 1. The molecule has 1 aliphatic rings. The van der Waals surface area contributed by atoms with Gasteiger partial charge >= 0.3 is 0 Å². The molecule has 1 aliphatic heterocycles. The van der Waals surface area contributed by atoms with Crippen molar-refractivity contribution in [2.75, 3.05) is 13.7 Å². The van der Waals surface area contributed by atoms with Crippen LogP contribution in [0.25, 0.3) is 11.3 Å². The highest BCUT2D eigenvalue weighted by atomic mass is 19.1. The number of nitrogens with one attached hydrogen (secondary N) is 1. The highest BCUT2D eigenvalue weighted by molar-refractivity contribution is 5.75. The third-order valence-electron chi connectivity index (χ3n) is 4.96. The minimum absolute atomic E-state index is 0.0739. The van der Waals surface area contributed by atoms with Gasteiger partial charge in [0, 0.05) is 5.56 Å². The Morgan fingerprint density at radius 1 is 1.28 bits per heavy atom. The lowest BCUT2D eigenvalue weighted by molar-refractivity contribution is -0.119. The van der Waals surface area contributed by atoms with Crippen molar-refractivity contribution in [1.29, 1.82) is 5.26 Å². The maximum atomic E-state index is 13.4. The van der Waals surface area contributed by atoms with Gasteiger partial charge < -0.3 is 25.7 Å². The molecule has 3 aromatic rings. The zero-order valence-corrected chi connectivity index (χ0v) is 16.9. The number of ether oxygens (including phenoxy) is 3. The van der Waals surface area contributed by atoms with Crippen LogP contribution in [0.3, 0.4) is 0 Å². The smallest absolute Gasteiger partial charge is 0.255 e. The fourth-order valence-corrected chi connectivity index (χ4v) is 3.55. The molecular weight excluding hydrogens is 417 g/mol. The molecule has 0 fully saturated rings. The van der Waals surface area contributed by atoms with Gasteiger partial charge in [-0.05, 0) is 42.0 Å². The van der Waals surface area contributed by atoms with E-state index in [4.69, 9.17) is 25.7 Å². The normalized spacial score (nSPS) is 14.8. The molecule has 9 nitrogen and oxygen atoms in total. The molecule has 0 spiro atoms. The number of benzene rings is 2. The molecule has 4 rings (SSSR count). The number of aromatic nitrogens is 2. The summed E-state index contributed by atoms with van der Waals surface area (Å²) in [5.41, 5.74) is 13.7. The molecule has 2 aromatic carbocycles. The lowest BCUT2D eigenvalue weighted by Gasteiger charge is -2.24. The van der Waals surface area contributed by atoms with Crippen LogP contribution in [0.2, 0.25) is 0 Å². The summed E-state index contributed by atoms with van der Waals surface area (Å²) < 4.78 is 29.8. The standard InChI is InChI=1S/C22H18FN5O4/c1-30-16-8-12(4-7-15(16)31-10-17(25)29)18-14(9-24)21(26)32-22-19(18)20(27-28-22)11-2-5-13(23)6-3-11/h2-8,18H,10,26H2,1H3,(H2,25,29)(H,27,28). The van der Waals surface area contributed by atoms with Crippen LogP contribution in [0.15, 0.2) is 53.9 Å². The van der Waals surface area contributed by atoms with Crippen molar-refractivity contribution >= 4 is 5.91 Å². The molecule has 0 bridgehead atoms. The molecule has 1 aromatic heterocycles. The maximum absolute atomic E-state index is 13.4. The number of hydrogen-bond donors (Lipinski definition) is 3. The number of primary amides is 1. The summed E-state index contributed by atoms with van der Waals surface area (Å²) in [6, 6.07) is 12.9. The first kappa shape index (κ1) is 20.7. The third kappa shape index (κ3) is 3.67. The summed E-state index contributed by atoms with van der Waals surface area (Å²) in [4.78, 5) is 11.1. The molecule has 32 heavy (non-hydrogen) atoms. The fourth-order valence-electron chi connectivity index (χ4n) is 3.55. The van der Waals surface area contributed by atoms with Crippen LogP contribution in [-0.2, 0) is 4.79 Å². The van der Waals surface area contributed by atoms with Crippen LogP contribution in [0, 0.1) is 17.1 Å². The number of aromatic amines is 1. The number of nitrogens with zero attached hydrogens (tertiary/aromatic N) is 2. The quantitative estimate of drug-likeness (QED) is 0.538. The molecule has 1 unspecified atom stereocenters. The highest BCUT2D eigenvalue weighted by Gasteiger charge is 2.36. The number of amides is 1. The maximum Gasteiger partial charge on any atom is 0.255 e. The van der Waals surface area contributed by atoms with Crippen molar-refractivity contribution in [3.63, 3.8) is 0 Å². The van der Waals surface area contributed by atoms with Crippen LogP contribution < -0.4 is 25.7 Å². The van der Waals surface area contributed by atoms with E-state index in [0.29, 0.717) is 33.9 Å². The average Bonchev–Trinajstić information content (AvgIpc) is 3.20. The second-order valence-electron chi connectivity index (χ2n) is 6.91. The number of carbonyl (C=O) groups is 1. The number of carbonyl (C=O) groups excluding carboxylic acids is 1. The van der Waals surface area contributed by atoms with E-state index in [-0.39, 0.29) is 29.8 Å². The fraction of sp³-hybridized carbons (Fsp3) is 0.136. The van der Waals surface area contributed by atoms with Gasteiger partial charge in [-0.3, -0.25) is 9.89 Å². The Hall–Kier alpha value is -4.52. The van der Waals surface area contributed by atoms with Gasteiger partial charge in [-0.2, -0.15) is 5.26 Å². The van der Waals surface area contributed by atoms with Crippen LogP contribution in [0.1, 0.15) is 17.0 Å². The zero-order valence-electron chi connectivity index (χ0n) is 16.9. The predicted octanol–water partition coefficient (Wildman–Crippen LogP) is 2.31. The summed E-state index contributed by atoms with van der Waals surface area (Å²) in [5.74, 6) is -0.887. The number of rotatable bonds is 6. The lowest BCUT2D eigenvalue weighted by atomic mass is 9.83. The number of fused-ring (bicyclic) bond motifs is 1. The Morgan fingerprint density at radius 2 is 2.03 bits per heavy atom. The number of nitriles is 1. The van der Waals surface area contributed by atoms with E-state index in [1.54, 1.807) is 30.3 Å². The molecule has 0 radical (unpaired) electrons. The van der Waals surface area contributed by atoms with E-state index in [1.165, 1.54) is 19.2 Å². The van der Waals surface area contributed by atoms with E-state index in [2.05, 4.69) is 16.3 Å². The van der Waals surface area contributed by atoms with Crippen molar-refractivity contribution in [2.45, 2.75) is 5.92 Å². The number of hydrogen-bond acceptors (Lipinski definition) is 7. The van der Waals surface area contributed by atoms with Crippen molar-refractivity contribution in [2.24, 2.45) is 11.5 Å². The van der Waals surface area contributed by atoms with Gasteiger partial charge in [-0.25, -0.2) is 4.39 Å². The monoisotopic (exact) mass is 435 g/mol. The van der Waals surface area contributed by atoms with E-state index in [9.17, 15) is 14.4 Å². The topological polar surface area (TPSA) is 149 Å². The largest absolute Gasteiger partial charge is 0.493 e. The number of allylic oxidation sites excluding steroid dienone is 1. The van der Waals surface area contributed by atoms with Gasteiger partial charge in [-0.1, -0.05) is 6.07 Å². The number of nitrogens with two attached hydrogens (primary N) is 2. The highest BCUT2D eigenvalue weighted by Crippen LogP contribution is 2.47. The third-order valence-corrected chi connectivity index (χ3v) is 4.96. The van der Waals surface area contributed by atoms with E-state index < -0.39 is 11.8 Å². The van der Waals surface area contributed by atoms with Crippen molar-refractivity contribution in [3.8, 4) is 34.7 Å². The molecule has 162 valence electrons. The first-order chi connectivity index (χ1) is 15.4. The first-order valence-corrected chi connectivity index (χ1v) is 9.43. The molecule has 1 amide bonds. The Bertz CT molecular complexity index is 1260. The number of methoxy groups -OCH3 is 1. The minimum atomic E-state index is -0.651. The van der Waals surface area contributed by atoms with Crippen LogP contribution >= 0.6 is 0 Å². The van der Waals surface area contributed by atoms with Crippen LogP contribution in [0.5, 0.6) is 17.4 Å². The molecule has 0 saturated heterocycles. The summed E-state index contributed by atoms with van der Waals surface area (Å²) in [6.07, 6.45) is 0. The molecule has 0 aliphatic carbocycles. The molecule has 5 N–H and O–H groups in total. The molecular formula is C22H18FN5O4. The van der Waals surface area contributed by atoms with Gasteiger partial charge in [0.25, 0.3) is 5.91 Å². The van der Waals surface area contributed by atoms with E-state index in [1.807, 2.05) is 0 Å². The minimum Gasteiger partial charge on any atom is -0.493 e. The SMILES string of the molecule is COc1cc(C2C(C#N)=C(N)Oc3n[nH]c(-c4ccc(F)cc4)c32)ccc1OCC(N)=O. The second kappa shape index (κ2) is 8.31. The Morgan fingerprint density at radius 3 is 2.69 bits per heavy atom. The summed E-state index contributed by atoms with van der Waals surface area (Å²) >= 11 is 0. The van der Waals surface area contributed by atoms with E-state index in [0.717, 1.165) is 0 Å². The van der Waals surface area contributed by atoms with Crippen LogP contribution in [0.4, 0.5) is 4.39 Å². The van der Waals surface area contributed by atoms with Gasteiger partial charge in [0.15, 0.2) is 18.1 Å². The predicted molar refractivity (Wildman–Crippen MR) is 111 cm³/mol. The molecule has 0 saturated carbocycles. The molecule has 10 heteroatoms. The summed E-state index contributed by atoms with van der Waals surface area (Å²) in [5, 5.41) is 16.9. The van der Waals surface area contributed by atoms with Crippen molar-refractivity contribution in [3.05, 3.63) is 70.9 Å². The van der Waals surface area contributed by atoms with Gasteiger partial charge in [0.1, 0.15) is 17.5 Å². The Balaban J connectivity index is 1.85. The number of H-pyrrole nitrogens is 1. The van der Waals surface area contributed by atoms with E-state index >= 15 is 0 Å². The van der Waals surface area contributed by atoms with Crippen molar-refractivity contribution in [1.82, 2.24) is 10.2 Å². The Kier molecular flexibility index (Phi) is 5.39. The van der Waals surface area contributed by atoms with Gasteiger partial charge in [0.05, 0.1) is 24.3 Å². The summed E-state index contributed by atoms with van der Waals surface area (Å²) in [6.45, 7) is -0.316. The zero-order chi connectivity index (χ0) is 22.8. The van der Waals surface area contributed by atoms with Gasteiger partial charge in [-0.15, -0.1) is 5.10 Å². The average molecular weight is 435 g/mol. The van der Waals surface area contributed by atoms with Crippen molar-refractivity contribution < 1.29 is 23.4 Å². The summed E-state index contributed by atoms with van der Waals surface area (Å²) in [7, 11) is 1.45. The first-order valence-electron chi connectivity index (χ1n) is 9.43. The second-order valence-corrected chi connectivity index (χ2v) is 6.91. The lowest BCUT2D eigenvalue weighted by Crippen LogP contribution is -2.21. The van der Waals surface area contributed by atoms with Gasteiger partial charge in [0.2, 0.25) is 11.8 Å². The Labute approximate surface area is 182 Å². The molecule has 2 heterocycles. The molecule has 1 atom stereocenters. The van der Waals surface area contributed by atoms with Crippen LogP contribution in [-0.4, -0.2) is 29.8 Å².